The van der Waals surface area contributed by atoms with Gasteiger partial charge in [0.05, 0.1) is 58.6 Å². The zero-order valence-corrected chi connectivity index (χ0v) is 16.1. The molecule has 152 valence electrons. The molecule has 1 N–H and O–H groups in total. The number of aryl methyl sites for hydroxylation is 1. The summed E-state index contributed by atoms with van der Waals surface area (Å²) >= 11 is 0. The molecule has 1 aliphatic rings. The summed E-state index contributed by atoms with van der Waals surface area (Å²) < 4.78 is 33.5. The van der Waals surface area contributed by atoms with Gasteiger partial charge >= 0.3 is 0 Å². The normalized spacial score (nSPS) is 19.1. The summed E-state index contributed by atoms with van der Waals surface area (Å²) in [5, 5.41) is 12.4. The highest BCUT2D eigenvalue weighted by Crippen LogP contribution is 2.31. The molecule has 0 aromatic heterocycles. The second-order valence-electron chi connectivity index (χ2n) is 5.95. The lowest BCUT2D eigenvalue weighted by Gasteiger charge is -2.16. The van der Waals surface area contributed by atoms with Crippen molar-refractivity contribution >= 4 is 5.71 Å². The lowest BCUT2D eigenvalue weighted by molar-refractivity contribution is -0.00842. The number of ether oxygens (including phenoxy) is 6. The van der Waals surface area contributed by atoms with Crippen LogP contribution in [0.1, 0.15) is 18.1 Å². The highest BCUT2D eigenvalue weighted by atomic mass is 16.6. The third-order valence-corrected chi connectivity index (χ3v) is 3.92. The van der Waals surface area contributed by atoms with Crippen molar-refractivity contribution in [3.63, 3.8) is 0 Å². The minimum Gasteiger partial charge on any atom is -0.487 e. The van der Waals surface area contributed by atoms with E-state index >= 15 is 0 Å². The van der Waals surface area contributed by atoms with Gasteiger partial charge in [-0.15, -0.1) is 0 Å². The zero-order valence-electron chi connectivity index (χ0n) is 16.1. The van der Waals surface area contributed by atoms with Crippen LogP contribution in [0.5, 0.6) is 11.5 Å². The van der Waals surface area contributed by atoms with Crippen LogP contribution in [0.2, 0.25) is 0 Å². The van der Waals surface area contributed by atoms with E-state index in [-0.39, 0.29) is 0 Å². The average Bonchev–Trinajstić information content (AvgIpc) is 2.67. The molecule has 0 amide bonds. The molecule has 1 aromatic carbocycles. The number of hydrogen-bond donors (Lipinski definition) is 1. The third-order valence-electron chi connectivity index (χ3n) is 3.92. The Balaban J connectivity index is 2.04. The van der Waals surface area contributed by atoms with Gasteiger partial charge in [0, 0.05) is 5.56 Å². The van der Waals surface area contributed by atoms with E-state index in [4.69, 9.17) is 33.6 Å². The molecule has 8 nitrogen and oxygen atoms in total. The Labute approximate surface area is 159 Å². The predicted octanol–water partition coefficient (Wildman–Crippen LogP) is 2.03. The lowest BCUT2D eigenvalue weighted by Crippen LogP contribution is -2.16. The highest BCUT2D eigenvalue weighted by Gasteiger charge is 2.13. The number of fused-ring (bicyclic) bond motifs is 1. The fourth-order valence-corrected chi connectivity index (χ4v) is 2.51. The zero-order chi connectivity index (χ0) is 19.3. The largest absolute Gasteiger partial charge is 0.487 e. The van der Waals surface area contributed by atoms with E-state index in [0.29, 0.717) is 83.3 Å². The minimum atomic E-state index is 0.369. The average molecular weight is 383 g/mol. The summed E-state index contributed by atoms with van der Waals surface area (Å²) in [6.45, 7) is 8.38. The van der Waals surface area contributed by atoms with Crippen molar-refractivity contribution in [1.29, 1.82) is 0 Å². The van der Waals surface area contributed by atoms with Crippen LogP contribution < -0.4 is 9.47 Å². The van der Waals surface area contributed by atoms with Crippen LogP contribution in [0.4, 0.5) is 0 Å². The summed E-state index contributed by atoms with van der Waals surface area (Å²) in [7, 11) is 0. The maximum Gasteiger partial charge on any atom is 0.161 e. The maximum absolute atomic E-state index is 9.08. The monoisotopic (exact) mass is 383 g/mol. The van der Waals surface area contributed by atoms with Gasteiger partial charge in [0.1, 0.15) is 13.2 Å². The second kappa shape index (κ2) is 12.5. The van der Waals surface area contributed by atoms with E-state index in [9.17, 15) is 0 Å². The number of oxime groups is 1. The van der Waals surface area contributed by atoms with E-state index in [2.05, 4.69) is 5.16 Å². The lowest BCUT2D eigenvalue weighted by atomic mass is 10.0. The van der Waals surface area contributed by atoms with E-state index in [1.807, 2.05) is 19.1 Å². The third kappa shape index (κ3) is 7.72. The smallest absolute Gasteiger partial charge is 0.161 e. The molecule has 2 rings (SSSR count). The molecule has 0 atom stereocenters. The van der Waals surface area contributed by atoms with Crippen LogP contribution >= 0.6 is 0 Å². The van der Waals surface area contributed by atoms with Gasteiger partial charge in [-0.2, -0.15) is 0 Å². The molecule has 27 heavy (non-hydrogen) atoms. The summed E-state index contributed by atoms with van der Waals surface area (Å²) in [6.07, 6.45) is 0. The number of hydrogen-bond acceptors (Lipinski definition) is 8. The fourth-order valence-electron chi connectivity index (χ4n) is 2.51. The van der Waals surface area contributed by atoms with Crippen molar-refractivity contribution in [2.45, 2.75) is 13.8 Å². The number of rotatable bonds is 1. The van der Waals surface area contributed by atoms with E-state index in [0.717, 1.165) is 11.1 Å². The van der Waals surface area contributed by atoms with Gasteiger partial charge in [0.15, 0.2) is 11.5 Å². The van der Waals surface area contributed by atoms with Crippen LogP contribution in [0.25, 0.3) is 0 Å². The quantitative estimate of drug-likeness (QED) is 0.451. The molecule has 1 aliphatic heterocycles. The summed E-state index contributed by atoms with van der Waals surface area (Å²) in [6, 6.07) is 3.69. The Hall–Kier alpha value is -1.87. The van der Waals surface area contributed by atoms with E-state index < -0.39 is 0 Å². The summed E-state index contributed by atoms with van der Waals surface area (Å²) in [5.74, 6) is 1.19. The van der Waals surface area contributed by atoms with Crippen molar-refractivity contribution in [3.05, 3.63) is 23.3 Å². The van der Waals surface area contributed by atoms with Crippen LogP contribution in [0.15, 0.2) is 17.3 Å². The first-order chi connectivity index (χ1) is 13.2. The van der Waals surface area contributed by atoms with Crippen molar-refractivity contribution in [3.8, 4) is 11.5 Å². The molecule has 0 saturated heterocycles. The predicted molar refractivity (Wildman–Crippen MR) is 99.4 cm³/mol. The van der Waals surface area contributed by atoms with Gasteiger partial charge in [0.2, 0.25) is 0 Å². The molecule has 0 bridgehead atoms. The first-order valence-corrected chi connectivity index (χ1v) is 9.12. The minimum absolute atomic E-state index is 0.369. The van der Waals surface area contributed by atoms with Crippen LogP contribution in [0.3, 0.4) is 0 Å². The summed E-state index contributed by atoms with van der Waals surface area (Å²) in [5.41, 5.74) is 2.23. The topological polar surface area (TPSA) is 88.0 Å². The van der Waals surface area contributed by atoms with Gasteiger partial charge < -0.3 is 33.6 Å². The Morgan fingerprint density at radius 1 is 0.741 bits per heavy atom. The molecule has 0 radical (unpaired) electrons. The van der Waals surface area contributed by atoms with E-state index in [1.165, 1.54) is 0 Å². The molecular weight excluding hydrogens is 354 g/mol. The van der Waals surface area contributed by atoms with Gasteiger partial charge in [-0.3, -0.25) is 0 Å². The molecule has 0 spiro atoms. The Kier molecular flexibility index (Phi) is 9.93. The SMILES string of the molecule is CC(=NO)c1cc2c(cc1C)OCCOCCOCCOCCOCCO2. The van der Waals surface area contributed by atoms with Crippen LogP contribution in [-0.4, -0.2) is 77.0 Å². The van der Waals surface area contributed by atoms with Crippen molar-refractivity contribution in [1.82, 2.24) is 0 Å². The first kappa shape index (κ1) is 21.4. The van der Waals surface area contributed by atoms with Crippen LogP contribution in [0, 0.1) is 6.92 Å². The standard InChI is InChI=1S/C19H29NO7/c1-15-13-18-19(14-17(15)16(2)20-21)27-12-10-25-8-6-23-4-3-22-5-7-24-9-11-26-18/h13-14,21H,3-12H2,1-2H3. The Bertz CT molecular complexity index is 592. The maximum atomic E-state index is 9.08. The van der Waals surface area contributed by atoms with Crippen molar-refractivity contribution in [2.24, 2.45) is 5.16 Å². The van der Waals surface area contributed by atoms with Crippen molar-refractivity contribution in [2.75, 3.05) is 66.1 Å². The molecule has 1 aromatic rings. The molecule has 0 aliphatic carbocycles. The molecule has 1 heterocycles. The fraction of sp³-hybridized carbons (Fsp3) is 0.632. The van der Waals surface area contributed by atoms with Gasteiger partial charge in [-0.25, -0.2) is 0 Å². The highest BCUT2D eigenvalue weighted by molar-refractivity contribution is 6.00. The van der Waals surface area contributed by atoms with Gasteiger partial charge in [-0.05, 0) is 31.5 Å². The molecule has 0 saturated carbocycles. The first-order valence-electron chi connectivity index (χ1n) is 9.12. The Morgan fingerprint density at radius 2 is 1.15 bits per heavy atom. The van der Waals surface area contributed by atoms with Crippen LogP contribution in [-0.2, 0) is 18.9 Å². The number of benzene rings is 1. The van der Waals surface area contributed by atoms with Gasteiger partial charge in [-0.1, -0.05) is 5.16 Å². The molecule has 0 fully saturated rings. The second-order valence-corrected chi connectivity index (χ2v) is 5.95. The molecule has 0 unspecified atom stereocenters. The number of nitrogens with zero attached hydrogens (tertiary/aromatic N) is 1. The summed E-state index contributed by atoms with van der Waals surface area (Å²) in [4.78, 5) is 0. The van der Waals surface area contributed by atoms with E-state index in [1.54, 1.807) is 6.92 Å². The van der Waals surface area contributed by atoms with Crippen molar-refractivity contribution < 1.29 is 33.6 Å². The molecular formula is C19H29NO7. The van der Waals surface area contributed by atoms with Gasteiger partial charge in [0.25, 0.3) is 0 Å². The Morgan fingerprint density at radius 3 is 1.59 bits per heavy atom. The molecule has 8 heteroatoms.